The maximum atomic E-state index is 6.20. The Morgan fingerprint density at radius 2 is 2.42 bits per heavy atom. The second-order valence-corrected chi connectivity index (χ2v) is 5.00. The maximum absolute atomic E-state index is 6.20. The predicted octanol–water partition coefficient (Wildman–Crippen LogP) is 1.48. The lowest BCUT2D eigenvalue weighted by molar-refractivity contribution is 0.633. The van der Waals surface area contributed by atoms with Crippen molar-refractivity contribution in [1.29, 1.82) is 0 Å². The highest BCUT2D eigenvalue weighted by molar-refractivity contribution is 6.33. The van der Waals surface area contributed by atoms with E-state index in [2.05, 4.69) is 26.2 Å². The molecule has 0 bridgehead atoms. The van der Waals surface area contributed by atoms with E-state index in [1.54, 1.807) is 11.0 Å². The molecule has 0 saturated carbocycles. The van der Waals surface area contributed by atoms with E-state index in [0.29, 0.717) is 11.1 Å². The molecule has 7 heteroatoms. The highest BCUT2D eigenvalue weighted by Crippen LogP contribution is 2.24. The first-order valence-electron chi connectivity index (χ1n) is 6.33. The molecule has 2 heterocycles. The topological polar surface area (TPSA) is 67.7 Å². The summed E-state index contributed by atoms with van der Waals surface area (Å²) in [7, 11) is 0. The van der Waals surface area contributed by atoms with Gasteiger partial charge in [0.05, 0.1) is 16.4 Å². The molecule has 19 heavy (non-hydrogen) atoms. The Labute approximate surface area is 116 Å². The first kappa shape index (κ1) is 12.4. The third-order valence-electron chi connectivity index (χ3n) is 3.26. The van der Waals surface area contributed by atoms with Gasteiger partial charge in [0, 0.05) is 12.6 Å². The van der Waals surface area contributed by atoms with Gasteiger partial charge in [0.1, 0.15) is 6.33 Å². The normalized spacial score (nSPS) is 18.7. The number of nitrogens with zero attached hydrogens (tertiary/aromatic N) is 4. The summed E-state index contributed by atoms with van der Waals surface area (Å²) in [6.07, 6.45) is 4.01. The predicted molar refractivity (Wildman–Crippen MR) is 73.7 cm³/mol. The van der Waals surface area contributed by atoms with Crippen LogP contribution in [0.1, 0.15) is 12.8 Å². The molecule has 1 aliphatic rings. The molecule has 1 aromatic carbocycles. The summed E-state index contributed by atoms with van der Waals surface area (Å²) in [6, 6.07) is 6.21. The van der Waals surface area contributed by atoms with Gasteiger partial charge in [-0.3, -0.25) is 0 Å². The third-order valence-corrected chi connectivity index (χ3v) is 3.59. The van der Waals surface area contributed by atoms with Gasteiger partial charge in [-0.15, -0.1) is 5.10 Å². The van der Waals surface area contributed by atoms with E-state index in [1.165, 1.54) is 12.8 Å². The van der Waals surface area contributed by atoms with Gasteiger partial charge in [-0.05, 0) is 48.0 Å². The molecule has 0 spiro atoms. The zero-order valence-electron chi connectivity index (χ0n) is 10.4. The second kappa shape index (κ2) is 5.54. The maximum Gasteiger partial charge on any atom is 0.143 e. The van der Waals surface area contributed by atoms with Gasteiger partial charge in [-0.25, -0.2) is 4.68 Å². The average Bonchev–Trinajstić information content (AvgIpc) is 3.11. The molecular weight excluding hydrogens is 264 g/mol. The van der Waals surface area contributed by atoms with Crippen molar-refractivity contribution < 1.29 is 0 Å². The molecule has 1 unspecified atom stereocenters. The smallest absolute Gasteiger partial charge is 0.143 e. The molecule has 2 N–H and O–H groups in total. The molecule has 3 rings (SSSR count). The Kier molecular flexibility index (Phi) is 3.61. The molecule has 6 nitrogen and oxygen atoms in total. The summed E-state index contributed by atoms with van der Waals surface area (Å²) in [6.45, 7) is 1.98. The SMILES string of the molecule is Clc1ccc(-n2cnnn2)cc1NCC1CCCN1. The number of anilines is 1. The molecular formula is C12H15ClN6. The fraction of sp³-hybridized carbons (Fsp3) is 0.417. The van der Waals surface area contributed by atoms with Crippen molar-refractivity contribution in [2.45, 2.75) is 18.9 Å². The van der Waals surface area contributed by atoms with Crippen LogP contribution in [0.25, 0.3) is 5.69 Å². The van der Waals surface area contributed by atoms with Crippen molar-refractivity contribution in [1.82, 2.24) is 25.5 Å². The van der Waals surface area contributed by atoms with Crippen LogP contribution >= 0.6 is 11.6 Å². The molecule has 1 fully saturated rings. The number of hydrogen-bond donors (Lipinski definition) is 2. The number of aromatic nitrogens is 4. The summed E-state index contributed by atoms with van der Waals surface area (Å²) in [4.78, 5) is 0. The number of halogens is 1. The largest absolute Gasteiger partial charge is 0.382 e. The molecule has 1 atom stereocenters. The lowest BCUT2D eigenvalue weighted by atomic mass is 10.2. The second-order valence-electron chi connectivity index (χ2n) is 4.59. The molecule has 2 aromatic rings. The Bertz CT molecular complexity index is 535. The number of rotatable bonds is 4. The fourth-order valence-electron chi connectivity index (χ4n) is 2.23. The molecule has 1 aromatic heterocycles. The molecule has 1 aliphatic heterocycles. The van der Waals surface area contributed by atoms with Crippen LogP contribution in [0.15, 0.2) is 24.5 Å². The van der Waals surface area contributed by atoms with Crippen LogP contribution in [-0.2, 0) is 0 Å². The van der Waals surface area contributed by atoms with Crippen molar-refractivity contribution in [3.8, 4) is 5.69 Å². The lowest BCUT2D eigenvalue weighted by Gasteiger charge is -2.14. The number of benzene rings is 1. The first-order chi connectivity index (χ1) is 9.33. The van der Waals surface area contributed by atoms with Crippen LogP contribution in [0.5, 0.6) is 0 Å². The minimum atomic E-state index is 0.521. The first-order valence-corrected chi connectivity index (χ1v) is 6.71. The molecule has 0 aliphatic carbocycles. The summed E-state index contributed by atoms with van der Waals surface area (Å²) in [5, 5.41) is 18.7. The van der Waals surface area contributed by atoms with Crippen LogP contribution in [0.2, 0.25) is 5.02 Å². The molecule has 100 valence electrons. The van der Waals surface area contributed by atoms with Crippen molar-refractivity contribution >= 4 is 17.3 Å². The standard InChI is InChI=1S/C12H15ClN6/c13-11-4-3-10(19-8-16-17-18-19)6-12(11)15-7-9-2-1-5-14-9/h3-4,6,8-9,14-15H,1-2,5,7H2. The van der Waals surface area contributed by atoms with Crippen LogP contribution in [0.3, 0.4) is 0 Å². The summed E-state index contributed by atoms with van der Waals surface area (Å²) < 4.78 is 1.61. The van der Waals surface area contributed by atoms with Gasteiger partial charge in [0.2, 0.25) is 0 Å². The molecule has 1 saturated heterocycles. The zero-order chi connectivity index (χ0) is 13.1. The van der Waals surface area contributed by atoms with Gasteiger partial charge in [0.15, 0.2) is 0 Å². The van der Waals surface area contributed by atoms with Crippen LogP contribution in [-0.4, -0.2) is 39.3 Å². The van der Waals surface area contributed by atoms with E-state index < -0.39 is 0 Å². The molecule has 0 amide bonds. The zero-order valence-corrected chi connectivity index (χ0v) is 11.1. The Morgan fingerprint density at radius 3 is 3.16 bits per heavy atom. The van der Waals surface area contributed by atoms with E-state index in [9.17, 15) is 0 Å². The van der Waals surface area contributed by atoms with E-state index in [0.717, 1.165) is 24.5 Å². The molecule has 0 radical (unpaired) electrons. The highest BCUT2D eigenvalue weighted by Gasteiger charge is 2.14. The van der Waals surface area contributed by atoms with E-state index in [1.807, 2.05) is 18.2 Å². The summed E-state index contributed by atoms with van der Waals surface area (Å²) in [5.74, 6) is 0. The number of tetrazole rings is 1. The minimum absolute atomic E-state index is 0.521. The quantitative estimate of drug-likeness (QED) is 0.887. The van der Waals surface area contributed by atoms with Crippen molar-refractivity contribution in [3.63, 3.8) is 0 Å². The van der Waals surface area contributed by atoms with E-state index in [-0.39, 0.29) is 0 Å². The summed E-state index contributed by atoms with van der Waals surface area (Å²) in [5.41, 5.74) is 1.79. The average molecular weight is 279 g/mol. The monoisotopic (exact) mass is 278 g/mol. The Hall–Kier alpha value is -1.66. The van der Waals surface area contributed by atoms with Gasteiger partial charge < -0.3 is 10.6 Å². The highest BCUT2D eigenvalue weighted by atomic mass is 35.5. The number of hydrogen-bond acceptors (Lipinski definition) is 5. The van der Waals surface area contributed by atoms with Gasteiger partial charge in [-0.1, -0.05) is 11.6 Å². The Morgan fingerprint density at radius 1 is 1.47 bits per heavy atom. The van der Waals surface area contributed by atoms with Crippen LogP contribution < -0.4 is 10.6 Å². The van der Waals surface area contributed by atoms with Gasteiger partial charge in [0.25, 0.3) is 0 Å². The number of nitrogens with one attached hydrogen (secondary N) is 2. The lowest BCUT2D eigenvalue weighted by Crippen LogP contribution is -2.29. The van der Waals surface area contributed by atoms with Crippen molar-refractivity contribution in [2.24, 2.45) is 0 Å². The van der Waals surface area contributed by atoms with Crippen LogP contribution in [0, 0.1) is 0 Å². The van der Waals surface area contributed by atoms with Crippen molar-refractivity contribution in [3.05, 3.63) is 29.5 Å². The minimum Gasteiger partial charge on any atom is -0.382 e. The third kappa shape index (κ3) is 2.85. The van der Waals surface area contributed by atoms with E-state index in [4.69, 9.17) is 11.6 Å². The Balaban J connectivity index is 1.74. The van der Waals surface area contributed by atoms with Crippen LogP contribution in [0.4, 0.5) is 5.69 Å². The van der Waals surface area contributed by atoms with Gasteiger partial charge in [-0.2, -0.15) is 0 Å². The van der Waals surface area contributed by atoms with Crippen molar-refractivity contribution in [2.75, 3.05) is 18.4 Å². The van der Waals surface area contributed by atoms with E-state index >= 15 is 0 Å². The fourth-order valence-corrected chi connectivity index (χ4v) is 2.42. The summed E-state index contributed by atoms with van der Waals surface area (Å²) >= 11 is 6.20. The van der Waals surface area contributed by atoms with Gasteiger partial charge >= 0.3 is 0 Å².